The Hall–Kier alpha value is -3.24. The topological polar surface area (TPSA) is 72.2 Å². The molecule has 4 aromatic rings. The highest BCUT2D eigenvalue weighted by Crippen LogP contribution is 2.37. The molecule has 1 atom stereocenters. The van der Waals surface area contributed by atoms with Gasteiger partial charge in [0.1, 0.15) is 17.5 Å². The van der Waals surface area contributed by atoms with Crippen molar-refractivity contribution in [3.05, 3.63) is 93.4 Å². The van der Waals surface area contributed by atoms with Gasteiger partial charge in [-0.1, -0.05) is 35.3 Å². The molecule has 1 amide bonds. The minimum Gasteiger partial charge on any atom is -0.481 e. The molecule has 0 aliphatic carbocycles. The standard InChI is InChI=1S/C28H26Cl2FN5O3/c29-18-4-6-20(21(31)15-18)26-27-22(33-24-3-1-2-9-35(24)27)8-10-36(26)25(37)17-39-23-7-5-19(32-28(23)30)16-34-11-13-38-14-12-34/h1-7,9,15,26H,8,10-14,16-17H2. The molecule has 3 aromatic heterocycles. The predicted molar refractivity (Wildman–Crippen MR) is 145 cm³/mol. The molecule has 1 fully saturated rings. The number of amides is 1. The zero-order chi connectivity index (χ0) is 26.9. The Labute approximate surface area is 234 Å². The summed E-state index contributed by atoms with van der Waals surface area (Å²) >= 11 is 12.5. The second-order valence-electron chi connectivity index (χ2n) is 9.55. The molecular weight excluding hydrogens is 544 g/mol. The lowest BCUT2D eigenvalue weighted by atomic mass is 9.95. The van der Waals surface area contributed by atoms with Crippen LogP contribution in [-0.2, 0) is 22.5 Å². The van der Waals surface area contributed by atoms with Crippen LogP contribution in [0.25, 0.3) is 5.65 Å². The van der Waals surface area contributed by atoms with E-state index in [9.17, 15) is 4.79 Å². The van der Waals surface area contributed by atoms with Gasteiger partial charge < -0.3 is 18.8 Å². The van der Waals surface area contributed by atoms with E-state index < -0.39 is 11.9 Å². The molecule has 6 rings (SSSR count). The molecule has 39 heavy (non-hydrogen) atoms. The fraction of sp³-hybridized carbons (Fsp3) is 0.321. The van der Waals surface area contributed by atoms with Crippen molar-refractivity contribution in [3.63, 3.8) is 0 Å². The van der Waals surface area contributed by atoms with Gasteiger partial charge in [0.05, 0.1) is 30.3 Å². The lowest BCUT2D eigenvalue weighted by Gasteiger charge is -2.36. The maximum atomic E-state index is 15.3. The molecule has 1 aromatic carbocycles. The quantitative estimate of drug-likeness (QED) is 0.317. The van der Waals surface area contributed by atoms with Gasteiger partial charge in [-0.3, -0.25) is 9.69 Å². The summed E-state index contributed by atoms with van der Waals surface area (Å²) in [5.41, 5.74) is 3.47. The summed E-state index contributed by atoms with van der Waals surface area (Å²) in [4.78, 5) is 26.6. The van der Waals surface area contributed by atoms with Crippen LogP contribution in [0.4, 0.5) is 4.39 Å². The summed E-state index contributed by atoms with van der Waals surface area (Å²) in [6, 6.07) is 13.0. The summed E-state index contributed by atoms with van der Waals surface area (Å²) in [5.74, 6) is -0.482. The molecule has 1 saturated heterocycles. The zero-order valence-electron chi connectivity index (χ0n) is 21.0. The minimum atomic E-state index is -0.705. The smallest absolute Gasteiger partial charge is 0.261 e. The van der Waals surface area contributed by atoms with Gasteiger partial charge in [0, 0.05) is 49.4 Å². The number of hydrogen-bond donors (Lipinski definition) is 0. The molecule has 8 nitrogen and oxygen atoms in total. The number of carbonyl (C=O) groups excluding carboxylic acids is 1. The van der Waals surface area contributed by atoms with Crippen molar-refractivity contribution < 1.29 is 18.7 Å². The van der Waals surface area contributed by atoms with Crippen LogP contribution in [0.3, 0.4) is 0 Å². The maximum absolute atomic E-state index is 15.3. The fourth-order valence-corrected chi connectivity index (χ4v) is 5.60. The molecule has 2 aliphatic rings. The third-order valence-corrected chi connectivity index (χ3v) is 7.60. The first-order valence-electron chi connectivity index (χ1n) is 12.8. The highest BCUT2D eigenvalue weighted by Gasteiger charge is 2.37. The number of nitrogens with zero attached hydrogens (tertiary/aromatic N) is 5. The van der Waals surface area contributed by atoms with Crippen molar-refractivity contribution >= 4 is 34.8 Å². The average Bonchev–Trinajstić information content (AvgIpc) is 3.32. The van der Waals surface area contributed by atoms with E-state index in [4.69, 9.17) is 37.7 Å². The van der Waals surface area contributed by atoms with Crippen molar-refractivity contribution in [2.75, 3.05) is 39.5 Å². The minimum absolute atomic E-state index is 0.191. The first kappa shape index (κ1) is 26.0. The fourth-order valence-electron chi connectivity index (χ4n) is 5.21. The number of morpholine rings is 1. The Kier molecular flexibility index (Phi) is 7.40. The zero-order valence-corrected chi connectivity index (χ0v) is 22.5. The average molecular weight is 570 g/mol. The van der Waals surface area contributed by atoms with E-state index >= 15 is 4.39 Å². The number of aromatic nitrogens is 3. The molecule has 1 unspecified atom stereocenters. The number of benzene rings is 1. The molecule has 202 valence electrons. The number of fused-ring (bicyclic) bond motifs is 3. The van der Waals surface area contributed by atoms with Crippen LogP contribution in [0.5, 0.6) is 5.75 Å². The van der Waals surface area contributed by atoms with Gasteiger partial charge in [0.15, 0.2) is 17.5 Å². The van der Waals surface area contributed by atoms with Crippen LogP contribution in [0.1, 0.15) is 28.7 Å². The van der Waals surface area contributed by atoms with Gasteiger partial charge in [0.2, 0.25) is 0 Å². The Morgan fingerprint density at radius 1 is 1.08 bits per heavy atom. The second kappa shape index (κ2) is 11.1. The molecule has 0 radical (unpaired) electrons. The molecule has 0 bridgehead atoms. The normalized spacial score (nSPS) is 17.8. The Morgan fingerprint density at radius 3 is 2.72 bits per heavy atom. The van der Waals surface area contributed by atoms with E-state index in [2.05, 4.69) is 9.88 Å². The SMILES string of the molecule is O=C(COc1ccc(CN2CCOCC2)nc1Cl)N1CCc2nc3ccccn3c2C1c1ccc(Cl)cc1F. The first-order chi connectivity index (χ1) is 19.0. The Morgan fingerprint density at radius 2 is 1.92 bits per heavy atom. The Bertz CT molecular complexity index is 1520. The van der Waals surface area contributed by atoms with E-state index in [0.717, 1.165) is 35.8 Å². The maximum Gasteiger partial charge on any atom is 0.261 e. The van der Waals surface area contributed by atoms with Crippen LogP contribution < -0.4 is 4.74 Å². The molecule has 0 N–H and O–H groups in total. The highest BCUT2D eigenvalue weighted by molar-refractivity contribution is 6.31. The van der Waals surface area contributed by atoms with Crippen LogP contribution in [0, 0.1) is 5.82 Å². The van der Waals surface area contributed by atoms with Gasteiger partial charge in [-0.15, -0.1) is 0 Å². The lowest BCUT2D eigenvalue weighted by Crippen LogP contribution is -2.43. The van der Waals surface area contributed by atoms with Gasteiger partial charge in [-0.25, -0.2) is 14.4 Å². The van der Waals surface area contributed by atoms with E-state index in [1.807, 2.05) is 34.9 Å². The van der Waals surface area contributed by atoms with Crippen LogP contribution in [0.2, 0.25) is 10.2 Å². The summed E-state index contributed by atoms with van der Waals surface area (Å²) in [5, 5.41) is 0.474. The molecule has 11 heteroatoms. The second-order valence-corrected chi connectivity index (χ2v) is 10.3. The van der Waals surface area contributed by atoms with E-state index in [-0.39, 0.29) is 22.7 Å². The summed E-state index contributed by atoms with van der Waals surface area (Å²) in [7, 11) is 0. The molecule has 5 heterocycles. The number of ether oxygens (including phenoxy) is 2. The van der Waals surface area contributed by atoms with E-state index in [0.29, 0.717) is 44.0 Å². The van der Waals surface area contributed by atoms with Crippen molar-refractivity contribution in [1.29, 1.82) is 0 Å². The van der Waals surface area contributed by atoms with Crippen LogP contribution >= 0.6 is 23.2 Å². The third-order valence-electron chi connectivity index (χ3n) is 7.09. The van der Waals surface area contributed by atoms with E-state index in [1.54, 1.807) is 23.1 Å². The Balaban J connectivity index is 1.24. The van der Waals surface area contributed by atoms with Gasteiger partial charge in [-0.2, -0.15) is 0 Å². The molecule has 0 spiro atoms. The number of pyridine rings is 2. The lowest BCUT2D eigenvalue weighted by molar-refractivity contribution is -0.135. The van der Waals surface area contributed by atoms with Crippen molar-refractivity contribution in [2.45, 2.75) is 19.0 Å². The van der Waals surface area contributed by atoms with Crippen molar-refractivity contribution in [2.24, 2.45) is 0 Å². The number of carbonyl (C=O) groups is 1. The van der Waals surface area contributed by atoms with Crippen LogP contribution in [0.15, 0.2) is 54.7 Å². The van der Waals surface area contributed by atoms with Crippen LogP contribution in [-0.4, -0.2) is 69.5 Å². The van der Waals surface area contributed by atoms with Gasteiger partial charge in [0.25, 0.3) is 5.91 Å². The number of hydrogen-bond acceptors (Lipinski definition) is 6. The summed E-state index contributed by atoms with van der Waals surface area (Å²) in [6.45, 7) is 3.82. The number of rotatable bonds is 6. The largest absolute Gasteiger partial charge is 0.481 e. The number of imidazole rings is 1. The van der Waals surface area contributed by atoms with Crippen molar-refractivity contribution in [3.8, 4) is 5.75 Å². The molecule has 2 aliphatic heterocycles. The summed E-state index contributed by atoms with van der Waals surface area (Å²) < 4.78 is 28.4. The van der Waals surface area contributed by atoms with Gasteiger partial charge in [-0.05, 0) is 36.4 Å². The number of halogens is 3. The third kappa shape index (κ3) is 5.32. The monoisotopic (exact) mass is 569 g/mol. The van der Waals surface area contributed by atoms with Crippen molar-refractivity contribution in [1.82, 2.24) is 24.2 Å². The predicted octanol–water partition coefficient (Wildman–Crippen LogP) is 4.56. The first-order valence-corrected chi connectivity index (χ1v) is 13.5. The summed E-state index contributed by atoms with van der Waals surface area (Å²) in [6.07, 6.45) is 2.41. The highest BCUT2D eigenvalue weighted by atomic mass is 35.5. The van der Waals surface area contributed by atoms with E-state index in [1.165, 1.54) is 6.07 Å². The molecular formula is C28H26Cl2FN5O3. The van der Waals surface area contributed by atoms with Gasteiger partial charge >= 0.3 is 0 Å². The molecule has 0 saturated carbocycles.